The van der Waals surface area contributed by atoms with Crippen LogP contribution in [0.1, 0.15) is 29.5 Å². The average molecular weight is 294 g/mol. The first kappa shape index (κ1) is 17.1. The van der Waals surface area contributed by atoms with E-state index in [2.05, 4.69) is 4.98 Å². The van der Waals surface area contributed by atoms with Crippen LogP contribution in [0, 0.1) is 45.3 Å². The molecule has 0 aliphatic rings. The van der Waals surface area contributed by atoms with Crippen molar-refractivity contribution in [2.75, 3.05) is 0 Å². The van der Waals surface area contributed by atoms with Gasteiger partial charge in [0.25, 0.3) is 0 Å². The van der Waals surface area contributed by atoms with Crippen molar-refractivity contribution < 1.29 is 33.5 Å². The molecule has 0 saturated carbocycles. The number of H-pyrrole nitrogens is 1. The zero-order chi connectivity index (χ0) is 15.8. The maximum absolute atomic E-state index is 12.7. The average Bonchev–Trinajstić information content (AvgIpc) is 2.88. The van der Waals surface area contributed by atoms with Gasteiger partial charge in [-0.15, -0.1) is 0 Å². The summed E-state index contributed by atoms with van der Waals surface area (Å²) >= 11 is 0. The molecule has 2 aromatic rings. The second kappa shape index (κ2) is 5.80. The van der Waals surface area contributed by atoms with Crippen molar-refractivity contribution in [3.63, 3.8) is 0 Å². The molecule has 0 amide bonds. The van der Waals surface area contributed by atoms with E-state index in [9.17, 15) is 13.2 Å². The molecule has 0 atom stereocenters. The summed E-state index contributed by atoms with van der Waals surface area (Å²) in [6.07, 6.45) is -4.82. The number of aromatic amines is 1. The van der Waals surface area contributed by atoms with Crippen molar-refractivity contribution in [3.8, 4) is 24.3 Å². The van der Waals surface area contributed by atoms with Gasteiger partial charge in [0.05, 0.1) is 27.8 Å². The number of hydrogen-bond donors (Lipinski definition) is 1. The van der Waals surface area contributed by atoms with Crippen LogP contribution in [0.15, 0.2) is 0 Å². The molecule has 1 heterocycles. The zero-order valence-electron chi connectivity index (χ0n) is 11.9. The van der Waals surface area contributed by atoms with Crippen LogP contribution in [0.5, 0.6) is 0 Å². The molecule has 6 nitrogen and oxygen atoms in total. The molecule has 0 fully saturated rings. The van der Waals surface area contributed by atoms with Crippen LogP contribution in [-0.2, 0) is 6.18 Å². The van der Waals surface area contributed by atoms with Crippen LogP contribution in [0.4, 0.5) is 13.2 Å². The number of aromatic nitrogens is 2. The fraction of sp³-hybridized carbons (Fsp3) is 0.0833. The van der Waals surface area contributed by atoms with Gasteiger partial charge < -0.3 is 6.41 Å². The van der Waals surface area contributed by atoms with Gasteiger partial charge >= 0.3 is 25.0 Å². The number of nitrogens with one attached hydrogen (secondary N) is 1. The summed E-state index contributed by atoms with van der Waals surface area (Å²) in [5, 5.41) is 36.0. The third kappa shape index (κ3) is 2.37. The fourth-order valence-corrected chi connectivity index (χ4v) is 1.81. The van der Waals surface area contributed by atoms with Crippen LogP contribution in [-0.4, -0.2) is 9.97 Å². The molecule has 0 spiro atoms. The summed E-state index contributed by atoms with van der Waals surface area (Å²) in [6, 6.07) is 6.21. The Hall–Kier alpha value is -2.96. The molecule has 22 heavy (non-hydrogen) atoms. The molecule has 0 saturated heterocycles. The zero-order valence-corrected chi connectivity index (χ0v) is 10.9. The van der Waals surface area contributed by atoms with E-state index in [1.807, 2.05) is 4.98 Å². The largest absolute Gasteiger partial charge is 1.00 e. The number of hydrogen-bond acceptors (Lipinski definition) is 5. The molecule has 0 bridgehead atoms. The first-order chi connectivity index (χ1) is 9.88. The number of alkyl halides is 3. The second-order valence-corrected chi connectivity index (χ2v) is 3.75. The number of benzene rings is 1. The van der Waals surface area contributed by atoms with Crippen LogP contribution in [0.2, 0.25) is 0 Å². The van der Waals surface area contributed by atoms with Crippen molar-refractivity contribution in [1.29, 1.82) is 21.0 Å². The van der Waals surface area contributed by atoms with E-state index in [0.29, 0.717) is 0 Å². The number of rotatable bonds is 0. The summed E-state index contributed by atoms with van der Waals surface area (Å²) in [4.78, 5) is 5.12. The van der Waals surface area contributed by atoms with Gasteiger partial charge in [0.15, 0.2) is 0 Å². The van der Waals surface area contributed by atoms with Crippen molar-refractivity contribution in [3.05, 3.63) is 28.1 Å². The quantitative estimate of drug-likeness (QED) is 0.636. The Morgan fingerprint density at radius 1 is 0.864 bits per heavy atom. The number of imidazole rings is 1. The van der Waals surface area contributed by atoms with E-state index in [4.69, 9.17) is 21.0 Å². The maximum atomic E-state index is 12.7. The molecular weight excluding hydrogens is 292 g/mol. The van der Waals surface area contributed by atoms with Crippen LogP contribution >= 0.6 is 0 Å². The van der Waals surface area contributed by atoms with Gasteiger partial charge in [-0.25, -0.2) is 4.98 Å². The van der Waals surface area contributed by atoms with Gasteiger partial charge in [-0.3, -0.25) is 0 Å². The number of halogens is 3. The standard InChI is InChI=1S/C12HF3N6.Li.H/c13-12(14,15)11-20-9-7(3-18)5(1-16)6(2-17)8(4-19)10(9)21-11;;/h(H,20,21);;/q;+1;-1. The predicted octanol–water partition coefficient (Wildman–Crippen LogP) is -0.815. The molecule has 0 aliphatic heterocycles. The van der Waals surface area contributed by atoms with E-state index in [-0.39, 0.29) is 20.3 Å². The van der Waals surface area contributed by atoms with Crippen LogP contribution in [0.25, 0.3) is 11.0 Å². The monoisotopic (exact) mass is 294 g/mol. The Morgan fingerprint density at radius 3 is 1.73 bits per heavy atom. The predicted molar refractivity (Wildman–Crippen MR) is 61.1 cm³/mol. The number of nitrogens with zero attached hydrogens (tertiary/aromatic N) is 5. The van der Waals surface area contributed by atoms with E-state index in [0.717, 1.165) is 0 Å². The van der Waals surface area contributed by atoms with Gasteiger partial charge in [-0.2, -0.15) is 34.2 Å². The molecule has 0 radical (unpaired) electrons. The molecule has 1 N–H and O–H groups in total. The van der Waals surface area contributed by atoms with Crippen molar-refractivity contribution in [2.45, 2.75) is 6.18 Å². The minimum Gasteiger partial charge on any atom is -1.00 e. The molecule has 1 aromatic carbocycles. The van der Waals surface area contributed by atoms with Gasteiger partial charge in [0.2, 0.25) is 5.82 Å². The minimum absolute atomic E-state index is 0. The van der Waals surface area contributed by atoms with Crippen LogP contribution < -0.4 is 18.9 Å². The van der Waals surface area contributed by atoms with Gasteiger partial charge in [-0.1, -0.05) is 0 Å². The van der Waals surface area contributed by atoms with Crippen LogP contribution in [0.3, 0.4) is 0 Å². The number of fused-ring (bicyclic) bond motifs is 1. The summed E-state index contributed by atoms with van der Waals surface area (Å²) in [6.45, 7) is 0. The molecular formula is C12H2F3LiN6. The van der Waals surface area contributed by atoms with E-state index >= 15 is 0 Å². The van der Waals surface area contributed by atoms with Crippen molar-refractivity contribution in [1.82, 2.24) is 9.97 Å². The van der Waals surface area contributed by atoms with Gasteiger partial charge in [-0.05, 0) is 0 Å². The topological polar surface area (TPSA) is 124 Å². The molecule has 2 rings (SSSR count). The summed E-state index contributed by atoms with van der Waals surface area (Å²) in [5.41, 5.74) is -2.71. The van der Waals surface area contributed by atoms with E-state index in [1.54, 1.807) is 24.3 Å². The summed E-state index contributed by atoms with van der Waals surface area (Å²) in [7, 11) is 0. The Kier molecular flexibility index (Phi) is 4.51. The summed E-state index contributed by atoms with van der Waals surface area (Å²) < 4.78 is 38.0. The fourth-order valence-electron chi connectivity index (χ4n) is 1.81. The SMILES string of the molecule is N#Cc1c(C#N)c(C#N)c2[nH]c(C(F)(F)F)nc2c1C#N.[H-].[Li+]. The Balaban J connectivity index is 0.00000242. The molecule has 0 aliphatic carbocycles. The Bertz CT molecular complexity index is 867. The van der Waals surface area contributed by atoms with Crippen molar-refractivity contribution in [2.24, 2.45) is 0 Å². The third-order valence-electron chi connectivity index (χ3n) is 2.66. The number of nitriles is 4. The third-order valence-corrected chi connectivity index (χ3v) is 2.66. The second-order valence-electron chi connectivity index (χ2n) is 3.75. The normalized spacial score (nSPS) is 9.95. The van der Waals surface area contributed by atoms with Gasteiger partial charge in [0.1, 0.15) is 29.8 Å². The first-order valence-electron chi connectivity index (χ1n) is 5.16. The Morgan fingerprint density at radius 2 is 1.32 bits per heavy atom. The molecule has 10 heteroatoms. The minimum atomic E-state index is -4.82. The summed E-state index contributed by atoms with van der Waals surface area (Å²) in [5.74, 6) is -1.41. The van der Waals surface area contributed by atoms with Gasteiger partial charge in [0, 0.05) is 0 Å². The maximum Gasteiger partial charge on any atom is 1.00 e. The molecule has 1 aromatic heterocycles. The smallest absolute Gasteiger partial charge is 1.00 e. The first-order valence-corrected chi connectivity index (χ1v) is 5.16. The Labute approximate surface area is 134 Å². The van der Waals surface area contributed by atoms with E-state index in [1.165, 1.54) is 0 Å². The molecule has 102 valence electrons. The van der Waals surface area contributed by atoms with Crippen molar-refractivity contribution >= 4 is 11.0 Å². The molecule has 0 unspecified atom stereocenters. The van der Waals surface area contributed by atoms with E-state index < -0.39 is 45.3 Å².